The molecule has 1 fully saturated rings. The lowest BCUT2D eigenvalue weighted by Crippen LogP contribution is -2.40. The van der Waals surface area contributed by atoms with Crippen LogP contribution in [0.3, 0.4) is 0 Å². The van der Waals surface area contributed by atoms with Crippen LogP contribution in [0.5, 0.6) is 0 Å². The largest absolute Gasteiger partial charge is 0.415 e. The second-order valence-corrected chi connectivity index (χ2v) is 4.96. The van der Waals surface area contributed by atoms with Crippen LogP contribution in [-0.4, -0.2) is 54.5 Å². The third-order valence-corrected chi connectivity index (χ3v) is 3.20. The zero-order chi connectivity index (χ0) is 13.1. The smallest absolute Gasteiger partial charge is 0.382 e. The molecular formula is C11H21F3N2O. The Kier molecular flexibility index (Phi) is 5.22. The van der Waals surface area contributed by atoms with E-state index in [0.717, 1.165) is 19.5 Å². The highest BCUT2D eigenvalue weighted by molar-refractivity contribution is 4.80. The molecule has 0 bridgehead atoms. The summed E-state index contributed by atoms with van der Waals surface area (Å²) in [6.45, 7) is 6.28. The highest BCUT2D eigenvalue weighted by Gasteiger charge is 2.37. The second-order valence-electron chi connectivity index (χ2n) is 4.96. The Balaban J connectivity index is 2.16. The molecule has 2 atom stereocenters. The van der Waals surface area contributed by atoms with Crippen molar-refractivity contribution in [2.45, 2.75) is 38.6 Å². The minimum Gasteiger partial charge on any atom is -0.382 e. The molecule has 3 nitrogen and oxygen atoms in total. The molecule has 1 aliphatic heterocycles. The van der Waals surface area contributed by atoms with Gasteiger partial charge >= 0.3 is 6.18 Å². The lowest BCUT2D eigenvalue weighted by molar-refractivity contribution is -0.201. The summed E-state index contributed by atoms with van der Waals surface area (Å²) in [6, 6.07) is 0.487. The van der Waals surface area contributed by atoms with Gasteiger partial charge in [-0.25, -0.2) is 0 Å². The number of nitrogens with zero attached hydrogens (tertiary/aromatic N) is 1. The van der Waals surface area contributed by atoms with E-state index in [1.807, 2.05) is 0 Å². The molecule has 0 saturated carbocycles. The SMILES string of the molecule is CC(C)N1CCC(CNCC(O)C(F)(F)F)C1. The summed E-state index contributed by atoms with van der Waals surface area (Å²) in [7, 11) is 0. The Bertz CT molecular complexity index is 233. The normalized spacial score (nSPS) is 24.5. The van der Waals surface area contributed by atoms with Crippen LogP contribution in [0.4, 0.5) is 13.2 Å². The molecule has 0 aromatic heterocycles. The van der Waals surface area contributed by atoms with Crippen molar-refractivity contribution in [1.82, 2.24) is 10.2 Å². The predicted molar refractivity (Wildman–Crippen MR) is 59.7 cm³/mol. The Morgan fingerprint density at radius 1 is 1.41 bits per heavy atom. The van der Waals surface area contributed by atoms with Crippen molar-refractivity contribution in [1.29, 1.82) is 0 Å². The first-order valence-electron chi connectivity index (χ1n) is 6.00. The van der Waals surface area contributed by atoms with Crippen LogP contribution in [-0.2, 0) is 0 Å². The number of alkyl halides is 3. The van der Waals surface area contributed by atoms with Crippen molar-refractivity contribution >= 4 is 0 Å². The number of aliphatic hydroxyl groups excluding tert-OH is 1. The van der Waals surface area contributed by atoms with Gasteiger partial charge in [0.15, 0.2) is 6.10 Å². The topological polar surface area (TPSA) is 35.5 Å². The average Bonchev–Trinajstić information content (AvgIpc) is 2.64. The summed E-state index contributed by atoms with van der Waals surface area (Å²) in [4.78, 5) is 2.31. The van der Waals surface area contributed by atoms with E-state index in [4.69, 9.17) is 5.11 Å². The van der Waals surface area contributed by atoms with E-state index in [0.29, 0.717) is 18.5 Å². The monoisotopic (exact) mass is 254 g/mol. The van der Waals surface area contributed by atoms with Crippen LogP contribution in [0.25, 0.3) is 0 Å². The van der Waals surface area contributed by atoms with E-state index in [-0.39, 0.29) is 0 Å². The van der Waals surface area contributed by atoms with E-state index in [1.54, 1.807) is 0 Å². The molecule has 0 radical (unpaired) electrons. The first-order chi connectivity index (χ1) is 7.80. The molecule has 1 rings (SSSR count). The van der Waals surface area contributed by atoms with Crippen molar-refractivity contribution in [2.24, 2.45) is 5.92 Å². The van der Waals surface area contributed by atoms with Gasteiger partial charge < -0.3 is 15.3 Å². The Labute approximate surface area is 100.0 Å². The van der Waals surface area contributed by atoms with Crippen molar-refractivity contribution in [3.05, 3.63) is 0 Å². The number of likely N-dealkylation sites (tertiary alicyclic amines) is 1. The third-order valence-electron chi connectivity index (χ3n) is 3.20. The van der Waals surface area contributed by atoms with Gasteiger partial charge in [-0.3, -0.25) is 0 Å². The third kappa shape index (κ3) is 4.81. The van der Waals surface area contributed by atoms with Crippen molar-refractivity contribution in [3.8, 4) is 0 Å². The summed E-state index contributed by atoms with van der Waals surface area (Å²) < 4.78 is 36.1. The van der Waals surface area contributed by atoms with E-state index in [1.165, 1.54) is 0 Å². The van der Waals surface area contributed by atoms with E-state index < -0.39 is 18.8 Å². The Morgan fingerprint density at radius 3 is 2.53 bits per heavy atom. The van der Waals surface area contributed by atoms with Gasteiger partial charge in [-0.15, -0.1) is 0 Å². The maximum Gasteiger partial charge on any atom is 0.415 e. The maximum atomic E-state index is 12.0. The summed E-state index contributed by atoms with van der Waals surface area (Å²) in [6.07, 6.45) is -5.77. The van der Waals surface area contributed by atoms with Gasteiger partial charge in [0.2, 0.25) is 0 Å². The first kappa shape index (κ1) is 14.7. The number of halogens is 3. The summed E-state index contributed by atoms with van der Waals surface area (Å²) in [5.74, 6) is 0.387. The van der Waals surface area contributed by atoms with Crippen LogP contribution in [0.15, 0.2) is 0 Å². The number of rotatable bonds is 5. The lowest BCUT2D eigenvalue weighted by Gasteiger charge is -2.21. The number of nitrogens with one attached hydrogen (secondary N) is 1. The molecular weight excluding hydrogens is 233 g/mol. The van der Waals surface area contributed by atoms with Gasteiger partial charge in [0.05, 0.1) is 0 Å². The highest BCUT2D eigenvalue weighted by atomic mass is 19.4. The van der Waals surface area contributed by atoms with Gasteiger partial charge in [0, 0.05) is 19.1 Å². The van der Waals surface area contributed by atoms with Crippen LogP contribution >= 0.6 is 0 Å². The fourth-order valence-electron chi connectivity index (χ4n) is 2.04. The van der Waals surface area contributed by atoms with Crippen LogP contribution < -0.4 is 5.32 Å². The van der Waals surface area contributed by atoms with Crippen molar-refractivity contribution < 1.29 is 18.3 Å². The highest BCUT2D eigenvalue weighted by Crippen LogP contribution is 2.20. The van der Waals surface area contributed by atoms with E-state index in [9.17, 15) is 13.2 Å². The lowest BCUT2D eigenvalue weighted by atomic mass is 10.1. The molecule has 17 heavy (non-hydrogen) atoms. The number of hydrogen-bond acceptors (Lipinski definition) is 3. The molecule has 1 aliphatic rings. The fraction of sp³-hybridized carbons (Fsp3) is 1.00. The molecule has 0 aliphatic carbocycles. The van der Waals surface area contributed by atoms with Crippen LogP contribution in [0, 0.1) is 5.92 Å². The van der Waals surface area contributed by atoms with E-state index >= 15 is 0 Å². The molecule has 0 aromatic rings. The molecule has 1 saturated heterocycles. The molecule has 102 valence electrons. The van der Waals surface area contributed by atoms with Gasteiger partial charge in [-0.2, -0.15) is 13.2 Å². The first-order valence-corrected chi connectivity index (χ1v) is 6.00. The summed E-state index contributed by atoms with van der Waals surface area (Å²) in [5, 5.41) is 11.5. The molecule has 2 N–H and O–H groups in total. The van der Waals surface area contributed by atoms with Gasteiger partial charge in [-0.1, -0.05) is 0 Å². The fourth-order valence-corrected chi connectivity index (χ4v) is 2.04. The molecule has 1 heterocycles. The molecule has 2 unspecified atom stereocenters. The van der Waals surface area contributed by atoms with Crippen LogP contribution in [0.1, 0.15) is 20.3 Å². The minimum absolute atomic E-state index is 0.387. The van der Waals surface area contributed by atoms with Crippen molar-refractivity contribution in [2.75, 3.05) is 26.2 Å². The van der Waals surface area contributed by atoms with Crippen LogP contribution in [0.2, 0.25) is 0 Å². The zero-order valence-corrected chi connectivity index (χ0v) is 10.3. The number of aliphatic hydroxyl groups is 1. The quantitative estimate of drug-likeness (QED) is 0.774. The van der Waals surface area contributed by atoms with Gasteiger partial charge in [0.25, 0.3) is 0 Å². The average molecular weight is 254 g/mol. The maximum absolute atomic E-state index is 12.0. The zero-order valence-electron chi connectivity index (χ0n) is 10.3. The van der Waals surface area contributed by atoms with Gasteiger partial charge in [-0.05, 0) is 39.3 Å². The molecule has 0 amide bonds. The summed E-state index contributed by atoms with van der Waals surface area (Å²) >= 11 is 0. The predicted octanol–water partition coefficient (Wildman–Crippen LogP) is 1.23. The molecule has 0 spiro atoms. The van der Waals surface area contributed by atoms with Gasteiger partial charge in [0.1, 0.15) is 0 Å². The Hall–Kier alpha value is -0.330. The van der Waals surface area contributed by atoms with E-state index in [2.05, 4.69) is 24.1 Å². The summed E-state index contributed by atoms with van der Waals surface area (Å²) in [5.41, 5.74) is 0. The second kappa shape index (κ2) is 6.02. The number of hydrogen-bond donors (Lipinski definition) is 2. The van der Waals surface area contributed by atoms with Crippen molar-refractivity contribution in [3.63, 3.8) is 0 Å². The standard InChI is InChI=1S/C11H21F3N2O/c1-8(2)16-4-3-9(7-16)5-15-6-10(17)11(12,13)14/h8-10,15,17H,3-7H2,1-2H3. The Morgan fingerprint density at radius 2 is 2.06 bits per heavy atom. The molecule has 6 heteroatoms. The molecule has 0 aromatic carbocycles. The minimum atomic E-state index is -4.52.